The van der Waals surface area contributed by atoms with E-state index >= 15 is 0 Å². The van der Waals surface area contributed by atoms with Crippen LogP contribution >= 0.6 is 0 Å². The van der Waals surface area contributed by atoms with Gasteiger partial charge in [0.15, 0.2) is 0 Å². The molecular weight excluding hydrogens is 226 g/mol. The van der Waals surface area contributed by atoms with Crippen molar-refractivity contribution in [3.05, 3.63) is 36.2 Å². The van der Waals surface area contributed by atoms with E-state index in [1.165, 1.54) is 11.4 Å². The van der Waals surface area contributed by atoms with Crippen LogP contribution in [0.15, 0.2) is 30.5 Å². The number of fused-ring (bicyclic) bond motifs is 1. The molecule has 5 nitrogen and oxygen atoms in total. The van der Waals surface area contributed by atoms with Gasteiger partial charge in [0, 0.05) is 20.1 Å². The molecule has 0 fully saturated rings. The third-order valence-electron chi connectivity index (χ3n) is 3.16. The van der Waals surface area contributed by atoms with Gasteiger partial charge in [-0.2, -0.15) is 15.0 Å². The zero-order valence-electron chi connectivity index (χ0n) is 10.5. The first-order chi connectivity index (χ1) is 8.83. The van der Waals surface area contributed by atoms with Gasteiger partial charge in [-0.05, 0) is 18.6 Å². The first-order valence-electron chi connectivity index (χ1n) is 6.26. The van der Waals surface area contributed by atoms with Crippen LogP contribution in [0.3, 0.4) is 0 Å². The summed E-state index contributed by atoms with van der Waals surface area (Å²) in [5.74, 6) is 0. The highest BCUT2D eigenvalue weighted by Gasteiger charge is 2.15. The molecule has 18 heavy (non-hydrogen) atoms. The molecule has 1 aromatic carbocycles. The second-order valence-electron chi connectivity index (χ2n) is 4.54. The van der Waals surface area contributed by atoms with Crippen LogP contribution in [0, 0.1) is 0 Å². The molecule has 0 spiro atoms. The van der Waals surface area contributed by atoms with Crippen molar-refractivity contribution in [1.29, 1.82) is 0 Å². The van der Waals surface area contributed by atoms with Crippen LogP contribution < -0.4 is 10.2 Å². The van der Waals surface area contributed by atoms with E-state index in [0.29, 0.717) is 0 Å². The molecule has 0 radical (unpaired) electrons. The second-order valence-corrected chi connectivity index (χ2v) is 4.54. The molecule has 0 atom stereocenters. The standard InChI is InChI=1S/C13H17N5/c1-17-15-9-11(16-17)10-18-8-4-7-14-12-5-2-3-6-13(12)18/h2-3,5-6,9,14H,4,7-8,10H2,1H3. The van der Waals surface area contributed by atoms with Crippen LogP contribution in [-0.2, 0) is 13.6 Å². The van der Waals surface area contributed by atoms with Crippen molar-refractivity contribution in [2.24, 2.45) is 7.05 Å². The minimum Gasteiger partial charge on any atom is -0.383 e. The summed E-state index contributed by atoms with van der Waals surface area (Å²) < 4.78 is 0. The van der Waals surface area contributed by atoms with E-state index in [-0.39, 0.29) is 0 Å². The fourth-order valence-electron chi connectivity index (χ4n) is 2.33. The van der Waals surface area contributed by atoms with E-state index < -0.39 is 0 Å². The lowest BCUT2D eigenvalue weighted by Crippen LogP contribution is -2.23. The Balaban J connectivity index is 1.87. The number of hydrogen-bond acceptors (Lipinski definition) is 4. The highest BCUT2D eigenvalue weighted by atomic mass is 15.5. The maximum atomic E-state index is 4.35. The lowest BCUT2D eigenvalue weighted by Gasteiger charge is -2.23. The Bertz CT molecular complexity index is 534. The van der Waals surface area contributed by atoms with E-state index in [9.17, 15) is 0 Å². The number of aromatic nitrogens is 3. The van der Waals surface area contributed by atoms with Gasteiger partial charge in [0.25, 0.3) is 0 Å². The lowest BCUT2D eigenvalue weighted by molar-refractivity contribution is 0.639. The van der Waals surface area contributed by atoms with Crippen LogP contribution in [-0.4, -0.2) is 28.1 Å². The van der Waals surface area contributed by atoms with E-state index in [2.05, 4.69) is 44.7 Å². The highest BCUT2D eigenvalue weighted by molar-refractivity contribution is 5.70. The first kappa shape index (κ1) is 11.1. The average molecular weight is 243 g/mol. The molecule has 0 saturated heterocycles. The number of rotatable bonds is 2. The van der Waals surface area contributed by atoms with Crippen LogP contribution in [0.5, 0.6) is 0 Å². The molecule has 2 aromatic rings. The molecule has 94 valence electrons. The van der Waals surface area contributed by atoms with E-state index in [1.807, 2.05) is 13.2 Å². The number of para-hydroxylation sites is 2. The van der Waals surface area contributed by atoms with Gasteiger partial charge in [-0.1, -0.05) is 12.1 Å². The lowest BCUT2D eigenvalue weighted by atomic mass is 10.2. The van der Waals surface area contributed by atoms with Gasteiger partial charge in [-0.25, -0.2) is 0 Å². The predicted molar refractivity (Wildman–Crippen MR) is 71.6 cm³/mol. The zero-order valence-corrected chi connectivity index (χ0v) is 10.5. The smallest absolute Gasteiger partial charge is 0.102 e. The maximum Gasteiger partial charge on any atom is 0.102 e. The normalized spacial score (nSPS) is 14.8. The minimum atomic E-state index is 0.812. The van der Waals surface area contributed by atoms with Crippen LogP contribution in [0.2, 0.25) is 0 Å². The number of nitrogens with zero attached hydrogens (tertiary/aromatic N) is 4. The molecule has 5 heteroatoms. The summed E-state index contributed by atoms with van der Waals surface area (Å²) in [6.45, 7) is 2.88. The van der Waals surface area contributed by atoms with Crippen molar-refractivity contribution in [2.75, 3.05) is 23.3 Å². The molecule has 0 saturated carbocycles. The third-order valence-corrected chi connectivity index (χ3v) is 3.16. The number of anilines is 2. The van der Waals surface area contributed by atoms with Crippen molar-refractivity contribution in [1.82, 2.24) is 15.0 Å². The van der Waals surface area contributed by atoms with E-state index in [0.717, 1.165) is 31.7 Å². The molecule has 0 unspecified atom stereocenters. The molecule has 0 amide bonds. The summed E-state index contributed by atoms with van der Waals surface area (Å²) in [5.41, 5.74) is 3.47. The second kappa shape index (κ2) is 4.68. The van der Waals surface area contributed by atoms with Gasteiger partial charge >= 0.3 is 0 Å². The van der Waals surface area contributed by atoms with Gasteiger partial charge in [-0.15, -0.1) is 0 Å². The average Bonchev–Trinajstić information content (AvgIpc) is 2.68. The molecule has 3 rings (SSSR count). The van der Waals surface area contributed by atoms with Crippen LogP contribution in [0.1, 0.15) is 12.1 Å². The number of aryl methyl sites for hydroxylation is 1. The summed E-state index contributed by atoms with van der Waals surface area (Å²) >= 11 is 0. The number of benzene rings is 1. The first-order valence-corrected chi connectivity index (χ1v) is 6.26. The van der Waals surface area contributed by atoms with Crippen LogP contribution in [0.25, 0.3) is 0 Å². The monoisotopic (exact) mass is 243 g/mol. The Labute approximate surface area is 106 Å². The van der Waals surface area contributed by atoms with Crippen molar-refractivity contribution in [3.8, 4) is 0 Å². The zero-order chi connectivity index (χ0) is 12.4. The minimum absolute atomic E-state index is 0.812. The highest BCUT2D eigenvalue weighted by Crippen LogP contribution is 2.28. The summed E-state index contributed by atoms with van der Waals surface area (Å²) in [5, 5.41) is 11.9. The molecule has 0 aliphatic carbocycles. The van der Waals surface area contributed by atoms with Gasteiger partial charge < -0.3 is 10.2 Å². The number of hydrogen-bond donors (Lipinski definition) is 1. The van der Waals surface area contributed by atoms with Crippen molar-refractivity contribution in [2.45, 2.75) is 13.0 Å². The van der Waals surface area contributed by atoms with E-state index in [1.54, 1.807) is 4.80 Å². The Morgan fingerprint density at radius 3 is 3.06 bits per heavy atom. The molecule has 1 aliphatic rings. The predicted octanol–water partition coefficient (Wildman–Crippen LogP) is 1.64. The largest absolute Gasteiger partial charge is 0.383 e. The Hall–Kier alpha value is -2.04. The van der Waals surface area contributed by atoms with E-state index in [4.69, 9.17) is 0 Å². The van der Waals surface area contributed by atoms with Gasteiger partial charge in [0.05, 0.1) is 24.1 Å². The summed E-state index contributed by atoms with van der Waals surface area (Å²) in [6, 6.07) is 8.43. The Kier molecular flexibility index (Phi) is 2.88. The molecule has 0 bridgehead atoms. The Morgan fingerprint density at radius 1 is 1.33 bits per heavy atom. The molecule has 1 N–H and O–H groups in total. The van der Waals surface area contributed by atoms with Gasteiger partial charge in [0.2, 0.25) is 0 Å². The fourth-order valence-corrected chi connectivity index (χ4v) is 2.33. The summed E-state index contributed by atoms with van der Waals surface area (Å²) in [7, 11) is 1.85. The molecular formula is C13H17N5. The van der Waals surface area contributed by atoms with Crippen LogP contribution in [0.4, 0.5) is 11.4 Å². The number of nitrogens with one attached hydrogen (secondary N) is 1. The topological polar surface area (TPSA) is 46.0 Å². The SMILES string of the molecule is Cn1ncc(CN2CCCNc3ccccc32)n1. The third kappa shape index (κ3) is 2.16. The van der Waals surface area contributed by atoms with Gasteiger partial charge in [0.1, 0.15) is 5.69 Å². The van der Waals surface area contributed by atoms with Gasteiger partial charge in [-0.3, -0.25) is 0 Å². The van der Waals surface area contributed by atoms with Crippen molar-refractivity contribution >= 4 is 11.4 Å². The summed E-state index contributed by atoms with van der Waals surface area (Å²) in [6.07, 6.45) is 2.97. The summed E-state index contributed by atoms with van der Waals surface area (Å²) in [4.78, 5) is 3.97. The molecule has 1 aromatic heterocycles. The van der Waals surface area contributed by atoms with Crippen molar-refractivity contribution in [3.63, 3.8) is 0 Å². The molecule has 2 heterocycles. The molecule has 1 aliphatic heterocycles. The maximum absolute atomic E-state index is 4.35. The van der Waals surface area contributed by atoms with Crippen molar-refractivity contribution < 1.29 is 0 Å². The Morgan fingerprint density at radius 2 is 2.22 bits per heavy atom. The fraction of sp³-hybridized carbons (Fsp3) is 0.385. The quantitative estimate of drug-likeness (QED) is 0.871.